The van der Waals surface area contributed by atoms with Gasteiger partial charge in [-0.05, 0) is 42.7 Å². The fourth-order valence-corrected chi connectivity index (χ4v) is 4.98. The molecule has 1 amide bonds. The highest BCUT2D eigenvalue weighted by Gasteiger charge is 2.27. The first kappa shape index (κ1) is 21.2. The molecule has 29 heavy (non-hydrogen) atoms. The van der Waals surface area contributed by atoms with Gasteiger partial charge in [-0.1, -0.05) is 30.7 Å². The Morgan fingerprint density at radius 2 is 1.79 bits per heavy atom. The normalized spacial score (nSPS) is 15.3. The van der Waals surface area contributed by atoms with Crippen molar-refractivity contribution in [3.05, 3.63) is 59.7 Å². The smallest absolute Gasteiger partial charge is 0.387 e. The van der Waals surface area contributed by atoms with Gasteiger partial charge in [-0.2, -0.15) is 13.1 Å². The molecule has 1 saturated heterocycles. The van der Waals surface area contributed by atoms with Crippen molar-refractivity contribution < 1.29 is 26.7 Å². The highest BCUT2D eigenvalue weighted by atomic mass is 32.2. The van der Waals surface area contributed by atoms with Gasteiger partial charge in [0.05, 0.1) is 4.90 Å². The number of hydrogen-bond donors (Lipinski definition) is 1. The zero-order valence-electron chi connectivity index (χ0n) is 15.7. The number of sulfonamides is 1. The lowest BCUT2D eigenvalue weighted by Crippen LogP contribution is -2.36. The van der Waals surface area contributed by atoms with Crippen molar-refractivity contribution in [1.29, 1.82) is 0 Å². The van der Waals surface area contributed by atoms with Gasteiger partial charge >= 0.3 is 6.61 Å². The fourth-order valence-electron chi connectivity index (χ4n) is 3.24. The van der Waals surface area contributed by atoms with E-state index in [1.165, 1.54) is 34.6 Å². The van der Waals surface area contributed by atoms with Crippen molar-refractivity contribution in [2.45, 2.75) is 37.3 Å². The van der Waals surface area contributed by atoms with E-state index in [0.717, 1.165) is 19.3 Å². The van der Waals surface area contributed by atoms with E-state index in [2.05, 4.69) is 10.1 Å². The first-order chi connectivity index (χ1) is 13.9. The van der Waals surface area contributed by atoms with Crippen LogP contribution in [-0.2, 0) is 16.6 Å². The quantitative estimate of drug-likeness (QED) is 0.739. The summed E-state index contributed by atoms with van der Waals surface area (Å²) in [5, 5.41) is 2.65. The van der Waals surface area contributed by atoms with Crippen LogP contribution in [0.15, 0.2) is 53.4 Å². The van der Waals surface area contributed by atoms with Crippen LogP contribution in [0.25, 0.3) is 0 Å². The van der Waals surface area contributed by atoms with Gasteiger partial charge in [0.2, 0.25) is 10.0 Å². The van der Waals surface area contributed by atoms with Crippen molar-refractivity contribution in [1.82, 2.24) is 9.62 Å². The molecular formula is C20H22F2N2O4S. The zero-order chi connectivity index (χ0) is 20.9. The second-order valence-electron chi connectivity index (χ2n) is 6.66. The van der Waals surface area contributed by atoms with Crippen LogP contribution >= 0.6 is 0 Å². The van der Waals surface area contributed by atoms with E-state index in [0.29, 0.717) is 18.7 Å². The van der Waals surface area contributed by atoms with Crippen LogP contribution in [0.4, 0.5) is 8.78 Å². The number of alkyl halides is 2. The van der Waals surface area contributed by atoms with Crippen LogP contribution in [0.2, 0.25) is 0 Å². The zero-order valence-corrected chi connectivity index (χ0v) is 16.5. The largest absolute Gasteiger partial charge is 0.435 e. The van der Waals surface area contributed by atoms with Gasteiger partial charge in [0.1, 0.15) is 5.75 Å². The molecule has 0 atom stereocenters. The molecule has 1 aliphatic rings. The van der Waals surface area contributed by atoms with E-state index in [4.69, 9.17) is 0 Å². The summed E-state index contributed by atoms with van der Waals surface area (Å²) >= 11 is 0. The third kappa shape index (κ3) is 5.30. The maximum atomic E-state index is 13.0. The van der Waals surface area contributed by atoms with Crippen LogP contribution in [0, 0.1) is 0 Å². The molecular weight excluding hydrogens is 402 g/mol. The standard InChI is InChI=1S/C20H22F2N2O4S/c21-20(22)28-17-9-6-8-15(13-17)19(25)23-14-16-7-2-3-10-18(16)29(26,27)24-11-4-1-5-12-24/h2-3,6-10,13,20H,1,4-5,11-12,14H2,(H,23,25). The van der Waals surface area contributed by atoms with Crippen molar-refractivity contribution >= 4 is 15.9 Å². The minimum Gasteiger partial charge on any atom is -0.435 e. The second-order valence-corrected chi connectivity index (χ2v) is 8.57. The predicted octanol–water partition coefficient (Wildman–Crippen LogP) is 3.39. The van der Waals surface area contributed by atoms with Crippen molar-refractivity contribution in [2.75, 3.05) is 13.1 Å². The number of hydrogen-bond acceptors (Lipinski definition) is 4. The van der Waals surface area contributed by atoms with E-state index >= 15 is 0 Å². The number of nitrogens with zero attached hydrogens (tertiary/aromatic N) is 1. The Kier molecular flexibility index (Phi) is 6.81. The van der Waals surface area contributed by atoms with Gasteiger partial charge in [-0.25, -0.2) is 8.42 Å². The molecule has 2 aromatic carbocycles. The molecule has 9 heteroatoms. The van der Waals surface area contributed by atoms with Crippen LogP contribution in [-0.4, -0.2) is 38.3 Å². The van der Waals surface area contributed by atoms with Crippen LogP contribution in [0.3, 0.4) is 0 Å². The molecule has 1 heterocycles. The Morgan fingerprint density at radius 1 is 1.07 bits per heavy atom. The molecule has 156 valence electrons. The summed E-state index contributed by atoms with van der Waals surface area (Å²) in [7, 11) is -3.65. The molecule has 0 bridgehead atoms. The van der Waals surface area contributed by atoms with Crippen molar-refractivity contribution in [3.8, 4) is 5.75 Å². The van der Waals surface area contributed by atoms with E-state index in [-0.39, 0.29) is 22.8 Å². The predicted molar refractivity (Wildman–Crippen MR) is 103 cm³/mol. The lowest BCUT2D eigenvalue weighted by Gasteiger charge is -2.26. The molecule has 3 rings (SSSR count). The molecule has 1 aliphatic heterocycles. The highest BCUT2D eigenvalue weighted by Crippen LogP contribution is 2.24. The summed E-state index contributed by atoms with van der Waals surface area (Å²) in [5.74, 6) is -0.643. The number of ether oxygens (including phenoxy) is 1. The van der Waals surface area contributed by atoms with E-state index in [1.54, 1.807) is 18.2 Å². The van der Waals surface area contributed by atoms with Crippen LogP contribution in [0.1, 0.15) is 35.2 Å². The SMILES string of the molecule is O=C(NCc1ccccc1S(=O)(=O)N1CCCCC1)c1cccc(OC(F)F)c1. The average molecular weight is 424 g/mol. The van der Waals surface area contributed by atoms with Gasteiger partial charge < -0.3 is 10.1 Å². The molecule has 2 aromatic rings. The first-order valence-electron chi connectivity index (χ1n) is 9.29. The summed E-state index contributed by atoms with van der Waals surface area (Å²) < 4.78 is 56.5. The third-order valence-corrected chi connectivity index (χ3v) is 6.67. The molecule has 1 fully saturated rings. The number of rotatable bonds is 7. The topological polar surface area (TPSA) is 75.7 Å². The molecule has 0 saturated carbocycles. The molecule has 0 radical (unpaired) electrons. The Bertz CT molecular complexity index is 960. The van der Waals surface area contributed by atoms with Gasteiger partial charge in [-0.3, -0.25) is 4.79 Å². The molecule has 1 N–H and O–H groups in total. The first-order valence-corrected chi connectivity index (χ1v) is 10.7. The molecule has 0 aliphatic carbocycles. The molecule has 0 unspecified atom stereocenters. The monoisotopic (exact) mass is 424 g/mol. The number of amides is 1. The molecule has 6 nitrogen and oxygen atoms in total. The number of benzene rings is 2. The summed E-state index contributed by atoms with van der Waals surface area (Å²) in [5.41, 5.74) is 0.603. The van der Waals surface area contributed by atoms with E-state index in [9.17, 15) is 22.0 Å². The number of piperidine rings is 1. The summed E-state index contributed by atoms with van der Waals surface area (Å²) in [6.45, 7) is -2.03. The second kappa shape index (κ2) is 9.32. The van der Waals surface area contributed by atoms with E-state index < -0.39 is 22.5 Å². The summed E-state index contributed by atoms with van der Waals surface area (Å²) in [6.07, 6.45) is 2.67. The van der Waals surface area contributed by atoms with Gasteiger partial charge in [0.15, 0.2) is 0 Å². The minimum atomic E-state index is -3.65. The summed E-state index contributed by atoms with van der Waals surface area (Å²) in [4.78, 5) is 12.6. The lowest BCUT2D eigenvalue weighted by atomic mass is 10.2. The Labute approximate surface area is 168 Å². The maximum absolute atomic E-state index is 13.0. The van der Waals surface area contributed by atoms with Gasteiger partial charge in [0.25, 0.3) is 5.91 Å². The average Bonchev–Trinajstić information content (AvgIpc) is 2.72. The maximum Gasteiger partial charge on any atom is 0.387 e. The van der Waals surface area contributed by atoms with E-state index in [1.807, 2.05) is 0 Å². The number of halogens is 2. The summed E-state index contributed by atoms with van der Waals surface area (Å²) in [6, 6.07) is 11.9. The van der Waals surface area contributed by atoms with Crippen molar-refractivity contribution in [2.24, 2.45) is 0 Å². The molecule has 0 aromatic heterocycles. The van der Waals surface area contributed by atoms with Crippen LogP contribution < -0.4 is 10.1 Å². The minimum absolute atomic E-state index is 0.0119. The Hall–Kier alpha value is -2.52. The highest BCUT2D eigenvalue weighted by molar-refractivity contribution is 7.89. The van der Waals surface area contributed by atoms with Crippen molar-refractivity contribution in [3.63, 3.8) is 0 Å². The fraction of sp³-hybridized carbons (Fsp3) is 0.350. The third-order valence-electron chi connectivity index (χ3n) is 4.67. The van der Waals surface area contributed by atoms with Gasteiger partial charge in [-0.15, -0.1) is 0 Å². The van der Waals surface area contributed by atoms with Gasteiger partial charge in [0, 0.05) is 25.2 Å². The number of nitrogens with one attached hydrogen (secondary N) is 1. The molecule has 0 spiro atoms. The Morgan fingerprint density at radius 3 is 2.52 bits per heavy atom. The Balaban J connectivity index is 1.74. The lowest BCUT2D eigenvalue weighted by molar-refractivity contribution is -0.0498. The number of carbonyl (C=O) groups excluding carboxylic acids is 1. The van der Waals surface area contributed by atoms with Crippen LogP contribution in [0.5, 0.6) is 5.75 Å². The number of carbonyl (C=O) groups is 1.